The summed E-state index contributed by atoms with van der Waals surface area (Å²) in [4.78, 5) is 26.0. The van der Waals surface area contributed by atoms with E-state index in [1.165, 1.54) is 23.1 Å². The highest BCUT2D eigenvalue weighted by atomic mass is 16.2. The molecule has 1 saturated heterocycles. The molecule has 0 saturated carbocycles. The molecule has 36 heavy (non-hydrogen) atoms. The summed E-state index contributed by atoms with van der Waals surface area (Å²) in [6, 6.07) is 23.8. The van der Waals surface area contributed by atoms with E-state index in [9.17, 15) is 4.79 Å². The van der Waals surface area contributed by atoms with Crippen LogP contribution in [0.4, 0.5) is 4.79 Å². The maximum absolute atomic E-state index is 13.9. The minimum Gasteiger partial charge on any atom is -0.342 e. The lowest BCUT2D eigenvalue weighted by Crippen LogP contribution is -2.47. The molecule has 1 N–H and O–H groups in total. The first-order valence-corrected chi connectivity index (χ1v) is 13.2. The molecule has 1 aliphatic heterocycles. The zero-order valence-electron chi connectivity index (χ0n) is 21.6. The van der Waals surface area contributed by atoms with E-state index in [4.69, 9.17) is 0 Å². The van der Waals surface area contributed by atoms with Crippen molar-refractivity contribution in [2.75, 3.05) is 13.1 Å². The van der Waals surface area contributed by atoms with Gasteiger partial charge in [-0.25, -0.2) is 9.78 Å². The van der Waals surface area contributed by atoms with Crippen LogP contribution in [0.25, 0.3) is 22.2 Å². The number of aromatic nitrogens is 2. The molecule has 1 aromatic heterocycles. The number of urea groups is 1. The number of carbonyl (C=O) groups is 1. The third-order valence-electron chi connectivity index (χ3n) is 7.34. The summed E-state index contributed by atoms with van der Waals surface area (Å²) in [6.45, 7) is 8.46. The molecule has 2 heterocycles. The molecule has 1 aliphatic rings. The topological polar surface area (TPSA) is 52.2 Å². The summed E-state index contributed by atoms with van der Waals surface area (Å²) in [5, 5.41) is 0. The second kappa shape index (κ2) is 10.6. The highest BCUT2D eigenvalue weighted by molar-refractivity contribution is 5.82. The molecule has 2 amide bonds. The predicted molar refractivity (Wildman–Crippen MR) is 147 cm³/mol. The zero-order chi connectivity index (χ0) is 25.1. The van der Waals surface area contributed by atoms with Gasteiger partial charge >= 0.3 is 6.03 Å². The van der Waals surface area contributed by atoms with E-state index in [1.807, 2.05) is 13.0 Å². The van der Waals surface area contributed by atoms with E-state index < -0.39 is 0 Å². The number of aryl methyl sites for hydroxylation is 2. The molecule has 5 nitrogen and oxygen atoms in total. The summed E-state index contributed by atoms with van der Waals surface area (Å²) in [6.07, 6.45) is 4.20. The van der Waals surface area contributed by atoms with Gasteiger partial charge in [-0.2, -0.15) is 0 Å². The summed E-state index contributed by atoms with van der Waals surface area (Å²) >= 11 is 0. The molecule has 0 radical (unpaired) electrons. The Morgan fingerprint density at radius 1 is 1.03 bits per heavy atom. The number of benzene rings is 3. The van der Waals surface area contributed by atoms with Gasteiger partial charge in [0.25, 0.3) is 0 Å². The molecule has 0 spiro atoms. The van der Waals surface area contributed by atoms with Crippen molar-refractivity contribution in [1.82, 2.24) is 19.8 Å². The fourth-order valence-corrected chi connectivity index (χ4v) is 5.42. The normalized spacial score (nSPS) is 15.9. The third-order valence-corrected chi connectivity index (χ3v) is 7.34. The van der Waals surface area contributed by atoms with Crippen LogP contribution in [0.2, 0.25) is 0 Å². The Morgan fingerprint density at radius 2 is 1.81 bits per heavy atom. The van der Waals surface area contributed by atoms with Crippen LogP contribution >= 0.6 is 0 Å². The van der Waals surface area contributed by atoms with Gasteiger partial charge in [0.05, 0.1) is 17.1 Å². The van der Waals surface area contributed by atoms with Crippen molar-refractivity contribution in [1.29, 1.82) is 0 Å². The van der Waals surface area contributed by atoms with Crippen molar-refractivity contribution in [3.05, 3.63) is 89.2 Å². The standard InChI is InChI=1S/C31H36N4O/c1-4-17-34(31(36)35-18-9-8-12-30(35)24-10-6-5-7-11-24)21-27-19-25(14-13-22(27)2)26-15-16-28-29(20-26)33-23(3)32-28/h5-7,10-11,13-16,19-20,30H,4,8-9,12,17-18,21H2,1-3H3,(H,32,33). The fourth-order valence-electron chi connectivity index (χ4n) is 5.42. The number of nitrogens with zero attached hydrogens (tertiary/aromatic N) is 3. The minimum absolute atomic E-state index is 0.156. The second-order valence-electron chi connectivity index (χ2n) is 10.0. The Labute approximate surface area is 214 Å². The Kier molecular flexibility index (Phi) is 7.08. The maximum atomic E-state index is 13.9. The lowest BCUT2D eigenvalue weighted by atomic mass is 9.95. The van der Waals surface area contributed by atoms with Crippen LogP contribution in [0.3, 0.4) is 0 Å². The van der Waals surface area contributed by atoms with Gasteiger partial charge in [-0.15, -0.1) is 0 Å². The molecule has 1 fully saturated rings. The van der Waals surface area contributed by atoms with E-state index in [2.05, 4.69) is 94.3 Å². The molecule has 0 aliphatic carbocycles. The first-order chi connectivity index (χ1) is 17.5. The number of H-pyrrole nitrogens is 1. The van der Waals surface area contributed by atoms with Crippen molar-refractivity contribution in [2.45, 2.75) is 59.0 Å². The molecular weight excluding hydrogens is 444 g/mol. The first-order valence-electron chi connectivity index (χ1n) is 13.2. The minimum atomic E-state index is 0.156. The number of fused-ring (bicyclic) bond motifs is 1. The number of hydrogen-bond donors (Lipinski definition) is 1. The SMILES string of the molecule is CCCN(Cc1cc(-c2ccc3nc(C)[nH]c3c2)ccc1C)C(=O)N1CCCCC1c1ccccc1. The number of carbonyl (C=O) groups excluding carboxylic acids is 1. The third kappa shape index (κ3) is 5.01. The van der Waals surface area contributed by atoms with Crippen molar-refractivity contribution in [2.24, 2.45) is 0 Å². The molecule has 1 unspecified atom stereocenters. The van der Waals surface area contributed by atoms with Crippen LogP contribution in [0, 0.1) is 13.8 Å². The summed E-state index contributed by atoms with van der Waals surface area (Å²) < 4.78 is 0. The summed E-state index contributed by atoms with van der Waals surface area (Å²) in [5.74, 6) is 0.923. The Hall–Kier alpha value is -3.60. The quantitative estimate of drug-likeness (QED) is 0.312. The van der Waals surface area contributed by atoms with Crippen LogP contribution in [0.5, 0.6) is 0 Å². The Balaban J connectivity index is 1.41. The number of amides is 2. The van der Waals surface area contributed by atoms with Gasteiger partial charge in [-0.3, -0.25) is 0 Å². The fraction of sp³-hybridized carbons (Fsp3) is 0.355. The number of imidazole rings is 1. The van der Waals surface area contributed by atoms with Crippen molar-refractivity contribution < 1.29 is 4.79 Å². The molecule has 5 rings (SSSR count). The summed E-state index contributed by atoms with van der Waals surface area (Å²) in [7, 11) is 0. The monoisotopic (exact) mass is 480 g/mol. The average molecular weight is 481 g/mol. The number of piperidine rings is 1. The molecule has 5 heteroatoms. The van der Waals surface area contributed by atoms with Gasteiger partial charge in [0.1, 0.15) is 5.82 Å². The predicted octanol–water partition coefficient (Wildman–Crippen LogP) is 7.41. The van der Waals surface area contributed by atoms with Crippen LogP contribution in [-0.2, 0) is 6.54 Å². The number of aromatic amines is 1. The second-order valence-corrected chi connectivity index (χ2v) is 10.0. The van der Waals surface area contributed by atoms with Crippen LogP contribution in [0.1, 0.15) is 61.2 Å². The molecule has 0 bridgehead atoms. The number of rotatable bonds is 6. The van der Waals surface area contributed by atoms with E-state index in [0.29, 0.717) is 6.54 Å². The number of nitrogens with one attached hydrogen (secondary N) is 1. The average Bonchev–Trinajstić information content (AvgIpc) is 3.29. The lowest BCUT2D eigenvalue weighted by Gasteiger charge is -2.39. The van der Waals surface area contributed by atoms with Crippen LogP contribution in [0.15, 0.2) is 66.7 Å². The molecular formula is C31H36N4O. The number of likely N-dealkylation sites (tertiary alicyclic amines) is 1. The van der Waals surface area contributed by atoms with Gasteiger partial charge in [-0.05, 0) is 85.5 Å². The van der Waals surface area contributed by atoms with Gasteiger partial charge in [0, 0.05) is 19.6 Å². The lowest BCUT2D eigenvalue weighted by molar-refractivity contribution is 0.113. The zero-order valence-corrected chi connectivity index (χ0v) is 21.6. The highest BCUT2D eigenvalue weighted by Gasteiger charge is 2.31. The molecule has 1 atom stereocenters. The van der Waals surface area contributed by atoms with Gasteiger partial charge < -0.3 is 14.8 Å². The van der Waals surface area contributed by atoms with Gasteiger partial charge in [-0.1, -0.05) is 55.5 Å². The van der Waals surface area contributed by atoms with Crippen molar-refractivity contribution in [3.8, 4) is 11.1 Å². The summed E-state index contributed by atoms with van der Waals surface area (Å²) in [5.41, 5.74) is 8.00. The first kappa shape index (κ1) is 24.1. The van der Waals surface area contributed by atoms with Gasteiger partial charge in [0.15, 0.2) is 0 Å². The van der Waals surface area contributed by atoms with Crippen molar-refractivity contribution >= 4 is 17.1 Å². The van der Waals surface area contributed by atoms with Crippen molar-refractivity contribution in [3.63, 3.8) is 0 Å². The van der Waals surface area contributed by atoms with E-state index in [-0.39, 0.29) is 12.1 Å². The molecule has 3 aromatic carbocycles. The van der Waals surface area contributed by atoms with Crippen LogP contribution in [-0.4, -0.2) is 38.9 Å². The Bertz CT molecular complexity index is 1340. The molecule has 4 aromatic rings. The van der Waals surface area contributed by atoms with E-state index in [1.54, 1.807) is 0 Å². The van der Waals surface area contributed by atoms with E-state index in [0.717, 1.165) is 60.3 Å². The Morgan fingerprint density at radius 3 is 2.61 bits per heavy atom. The van der Waals surface area contributed by atoms with E-state index >= 15 is 0 Å². The van der Waals surface area contributed by atoms with Gasteiger partial charge in [0.2, 0.25) is 0 Å². The maximum Gasteiger partial charge on any atom is 0.320 e. The van der Waals surface area contributed by atoms with Crippen LogP contribution < -0.4 is 0 Å². The molecule has 186 valence electrons. The smallest absolute Gasteiger partial charge is 0.320 e. The largest absolute Gasteiger partial charge is 0.342 e. The number of hydrogen-bond acceptors (Lipinski definition) is 2. The highest BCUT2D eigenvalue weighted by Crippen LogP contribution is 2.32.